The van der Waals surface area contributed by atoms with Crippen molar-refractivity contribution in [2.45, 2.75) is 25.4 Å². The molecule has 21 heavy (non-hydrogen) atoms. The van der Waals surface area contributed by atoms with Crippen molar-refractivity contribution >= 4 is 0 Å². The Morgan fingerprint density at radius 1 is 1.38 bits per heavy atom. The molecule has 0 spiro atoms. The number of piperidine rings is 3. The van der Waals surface area contributed by atoms with E-state index in [4.69, 9.17) is 11.2 Å². The maximum Gasteiger partial charge on any atom is 0.118 e. The van der Waals surface area contributed by atoms with Gasteiger partial charge in [0.15, 0.2) is 0 Å². The highest BCUT2D eigenvalue weighted by atomic mass is 16.5. The molecule has 4 unspecified atom stereocenters. The van der Waals surface area contributed by atoms with Crippen LogP contribution in [0.1, 0.15) is 18.4 Å². The molecule has 0 aromatic heterocycles. The summed E-state index contributed by atoms with van der Waals surface area (Å²) in [5.41, 5.74) is 1.30. The van der Waals surface area contributed by atoms with Crippen LogP contribution in [0.3, 0.4) is 0 Å². The predicted octanol–water partition coefficient (Wildman–Crippen LogP) is 2.13. The van der Waals surface area contributed by atoms with Gasteiger partial charge in [0, 0.05) is 31.6 Å². The van der Waals surface area contributed by atoms with E-state index in [0.717, 1.165) is 31.3 Å². The van der Waals surface area contributed by atoms with Crippen molar-refractivity contribution in [3.05, 3.63) is 29.8 Å². The number of rotatable bonds is 5. The number of fused-ring (bicyclic) bond motifs is 3. The zero-order chi connectivity index (χ0) is 14.7. The molecule has 3 saturated heterocycles. The molecule has 2 bridgehead atoms. The minimum absolute atomic E-state index is 0.483. The molecule has 3 heteroatoms. The van der Waals surface area contributed by atoms with Crippen LogP contribution >= 0.6 is 0 Å². The number of hydrogen-bond acceptors (Lipinski definition) is 3. The first-order valence-corrected chi connectivity index (χ1v) is 7.84. The SMILES string of the molecule is C#CC1CN2CCC1CC2CNCc1ccc(OC)cc1. The molecular formula is C18H24N2O. The largest absolute Gasteiger partial charge is 0.497 e. The minimum atomic E-state index is 0.483. The van der Waals surface area contributed by atoms with Gasteiger partial charge in [-0.05, 0) is 43.0 Å². The smallest absolute Gasteiger partial charge is 0.118 e. The Morgan fingerprint density at radius 3 is 2.81 bits per heavy atom. The number of hydrogen-bond donors (Lipinski definition) is 1. The molecule has 4 rings (SSSR count). The third-order valence-electron chi connectivity index (χ3n) is 4.96. The first-order valence-electron chi connectivity index (χ1n) is 7.84. The molecule has 3 aliphatic rings. The summed E-state index contributed by atoms with van der Waals surface area (Å²) in [5.74, 6) is 5.11. The predicted molar refractivity (Wildman–Crippen MR) is 85.1 cm³/mol. The highest BCUT2D eigenvalue weighted by Gasteiger charge is 2.38. The van der Waals surface area contributed by atoms with Gasteiger partial charge >= 0.3 is 0 Å². The Morgan fingerprint density at radius 2 is 2.19 bits per heavy atom. The molecule has 1 N–H and O–H groups in total. The fourth-order valence-corrected chi connectivity index (χ4v) is 3.67. The molecule has 0 radical (unpaired) electrons. The third kappa shape index (κ3) is 3.23. The maximum absolute atomic E-state index is 5.63. The van der Waals surface area contributed by atoms with E-state index in [-0.39, 0.29) is 0 Å². The van der Waals surface area contributed by atoms with Gasteiger partial charge in [0.25, 0.3) is 0 Å². The van der Waals surface area contributed by atoms with E-state index in [2.05, 4.69) is 28.3 Å². The molecule has 3 fully saturated rings. The van der Waals surface area contributed by atoms with Crippen molar-refractivity contribution in [3.8, 4) is 18.1 Å². The topological polar surface area (TPSA) is 24.5 Å². The lowest BCUT2D eigenvalue weighted by Gasteiger charge is -2.48. The number of ether oxygens (including phenoxy) is 1. The summed E-state index contributed by atoms with van der Waals surface area (Å²) in [5, 5.41) is 3.59. The number of nitrogens with one attached hydrogen (secondary N) is 1. The van der Waals surface area contributed by atoms with Gasteiger partial charge < -0.3 is 10.1 Å². The number of benzene rings is 1. The van der Waals surface area contributed by atoms with Crippen LogP contribution < -0.4 is 10.1 Å². The Bertz CT molecular complexity index is 505. The van der Waals surface area contributed by atoms with E-state index >= 15 is 0 Å². The molecule has 1 aromatic carbocycles. The maximum atomic E-state index is 5.63. The molecular weight excluding hydrogens is 260 g/mol. The van der Waals surface area contributed by atoms with Crippen molar-refractivity contribution in [2.75, 3.05) is 26.7 Å². The molecule has 3 aliphatic heterocycles. The molecule has 0 amide bonds. The van der Waals surface area contributed by atoms with Crippen molar-refractivity contribution in [1.82, 2.24) is 10.2 Å². The van der Waals surface area contributed by atoms with Gasteiger partial charge in [-0.1, -0.05) is 12.1 Å². The number of nitrogens with zero attached hydrogens (tertiary/aromatic N) is 1. The summed E-state index contributed by atoms with van der Waals surface area (Å²) >= 11 is 0. The summed E-state index contributed by atoms with van der Waals surface area (Å²) in [4.78, 5) is 2.57. The van der Waals surface area contributed by atoms with Crippen LogP contribution in [0.2, 0.25) is 0 Å². The van der Waals surface area contributed by atoms with Crippen LogP contribution in [0, 0.1) is 24.2 Å². The van der Waals surface area contributed by atoms with Crippen molar-refractivity contribution in [1.29, 1.82) is 0 Å². The third-order valence-corrected chi connectivity index (χ3v) is 4.96. The van der Waals surface area contributed by atoms with Crippen molar-refractivity contribution in [3.63, 3.8) is 0 Å². The standard InChI is InChI=1S/C18H24N2O/c1-3-15-13-20-9-8-16(15)10-17(20)12-19-11-14-4-6-18(21-2)7-5-14/h1,4-7,15-17,19H,8-13H2,2H3. The lowest BCUT2D eigenvalue weighted by atomic mass is 9.76. The van der Waals surface area contributed by atoms with Crippen LogP contribution in [0.4, 0.5) is 0 Å². The Kier molecular flexibility index (Phi) is 4.48. The highest BCUT2D eigenvalue weighted by Crippen LogP contribution is 2.35. The summed E-state index contributed by atoms with van der Waals surface area (Å²) in [7, 11) is 1.70. The van der Waals surface area contributed by atoms with Gasteiger partial charge in [-0.3, -0.25) is 4.90 Å². The van der Waals surface area contributed by atoms with Crippen molar-refractivity contribution < 1.29 is 4.74 Å². The Labute approximate surface area is 127 Å². The monoisotopic (exact) mass is 284 g/mol. The van der Waals surface area contributed by atoms with Crippen LogP contribution in [0.5, 0.6) is 5.75 Å². The summed E-state index contributed by atoms with van der Waals surface area (Å²) < 4.78 is 5.18. The van der Waals surface area contributed by atoms with Gasteiger partial charge in [-0.15, -0.1) is 12.3 Å². The average Bonchev–Trinajstić information content (AvgIpc) is 2.56. The second-order valence-electron chi connectivity index (χ2n) is 6.19. The zero-order valence-electron chi connectivity index (χ0n) is 12.7. The second-order valence-corrected chi connectivity index (χ2v) is 6.19. The van der Waals surface area contributed by atoms with Crippen LogP contribution in [0.25, 0.3) is 0 Å². The molecule has 0 aliphatic carbocycles. The molecule has 4 atom stereocenters. The quantitative estimate of drug-likeness (QED) is 0.838. The highest BCUT2D eigenvalue weighted by molar-refractivity contribution is 5.27. The van der Waals surface area contributed by atoms with E-state index in [1.807, 2.05) is 12.1 Å². The van der Waals surface area contributed by atoms with Crippen LogP contribution in [-0.2, 0) is 6.54 Å². The van der Waals surface area contributed by atoms with Crippen LogP contribution in [0.15, 0.2) is 24.3 Å². The summed E-state index contributed by atoms with van der Waals surface area (Å²) in [6.45, 7) is 4.28. The lowest BCUT2D eigenvalue weighted by molar-refractivity contribution is 0.0227. The average molecular weight is 284 g/mol. The summed E-state index contributed by atoms with van der Waals surface area (Å²) in [6, 6.07) is 8.92. The zero-order valence-corrected chi connectivity index (χ0v) is 12.7. The van der Waals surface area contributed by atoms with Gasteiger partial charge in [0.1, 0.15) is 5.75 Å². The molecule has 3 nitrogen and oxygen atoms in total. The Balaban J connectivity index is 1.47. The fourth-order valence-electron chi connectivity index (χ4n) is 3.67. The summed E-state index contributed by atoms with van der Waals surface area (Å²) in [6.07, 6.45) is 8.17. The van der Waals surface area contributed by atoms with Crippen LogP contribution in [-0.4, -0.2) is 37.7 Å². The number of methoxy groups -OCH3 is 1. The van der Waals surface area contributed by atoms with E-state index in [1.165, 1.54) is 24.9 Å². The van der Waals surface area contributed by atoms with E-state index in [0.29, 0.717) is 12.0 Å². The van der Waals surface area contributed by atoms with Gasteiger partial charge in [0.2, 0.25) is 0 Å². The van der Waals surface area contributed by atoms with E-state index in [9.17, 15) is 0 Å². The fraction of sp³-hybridized carbons (Fsp3) is 0.556. The minimum Gasteiger partial charge on any atom is -0.497 e. The van der Waals surface area contributed by atoms with Crippen molar-refractivity contribution in [2.24, 2.45) is 11.8 Å². The molecule has 0 saturated carbocycles. The van der Waals surface area contributed by atoms with Gasteiger partial charge in [0.05, 0.1) is 7.11 Å². The first kappa shape index (κ1) is 14.4. The van der Waals surface area contributed by atoms with E-state index in [1.54, 1.807) is 7.11 Å². The number of terminal acetylenes is 1. The second kappa shape index (κ2) is 6.51. The first-order chi connectivity index (χ1) is 10.3. The van der Waals surface area contributed by atoms with Gasteiger partial charge in [-0.2, -0.15) is 0 Å². The van der Waals surface area contributed by atoms with Gasteiger partial charge in [-0.25, -0.2) is 0 Å². The molecule has 1 aromatic rings. The van der Waals surface area contributed by atoms with E-state index < -0.39 is 0 Å². The molecule has 3 heterocycles. The Hall–Kier alpha value is -1.50. The lowest BCUT2D eigenvalue weighted by Crippen LogP contribution is -2.55. The normalized spacial score (nSPS) is 30.9. The molecule has 112 valence electrons.